The van der Waals surface area contributed by atoms with Gasteiger partial charge in [0.1, 0.15) is 5.82 Å². The number of carbonyl (C=O) groups excluding carboxylic acids is 1. The van der Waals surface area contributed by atoms with Gasteiger partial charge in [0.25, 0.3) is 0 Å². The Morgan fingerprint density at radius 1 is 1.73 bits per heavy atom. The number of nitrogens with one attached hydrogen (secondary N) is 1. The van der Waals surface area contributed by atoms with Crippen LogP contribution in [0.5, 0.6) is 0 Å². The van der Waals surface area contributed by atoms with Crippen molar-refractivity contribution in [1.29, 1.82) is 0 Å². The van der Waals surface area contributed by atoms with Gasteiger partial charge in [-0.2, -0.15) is 0 Å². The van der Waals surface area contributed by atoms with E-state index in [9.17, 15) is 4.79 Å². The molecule has 0 aliphatic heterocycles. The van der Waals surface area contributed by atoms with Crippen molar-refractivity contribution in [3.05, 3.63) is 28.9 Å². The van der Waals surface area contributed by atoms with E-state index < -0.39 is 0 Å². The van der Waals surface area contributed by atoms with E-state index in [1.807, 2.05) is 0 Å². The largest absolute Gasteiger partial charge is 0.384 e. The molecule has 3 N–H and O–H groups in total. The van der Waals surface area contributed by atoms with Crippen molar-refractivity contribution in [2.24, 2.45) is 0 Å². The molecule has 1 rings (SSSR count). The molecule has 0 unspecified atom stereocenters. The minimum atomic E-state index is -0.0684. The van der Waals surface area contributed by atoms with Crippen LogP contribution >= 0.6 is 11.6 Å². The van der Waals surface area contributed by atoms with E-state index in [4.69, 9.17) is 17.3 Å². The summed E-state index contributed by atoms with van der Waals surface area (Å²) in [4.78, 5) is 14.5. The molecule has 15 heavy (non-hydrogen) atoms. The highest BCUT2D eigenvalue weighted by atomic mass is 35.5. The number of halogens is 1. The van der Waals surface area contributed by atoms with Gasteiger partial charge in [0.05, 0.1) is 5.02 Å². The first-order valence-electron chi connectivity index (χ1n) is 4.41. The molecular formula is C10H12ClN3O. The van der Waals surface area contributed by atoms with Gasteiger partial charge >= 0.3 is 0 Å². The summed E-state index contributed by atoms with van der Waals surface area (Å²) in [5, 5.41) is 3.18. The predicted molar refractivity (Wildman–Crippen MR) is 61.4 cm³/mol. The molecule has 80 valence electrons. The Hall–Kier alpha value is -1.55. The quantitative estimate of drug-likeness (QED) is 0.819. The lowest BCUT2D eigenvalue weighted by Gasteiger charge is -1.99. The van der Waals surface area contributed by atoms with E-state index in [1.165, 1.54) is 6.92 Å². The lowest BCUT2D eigenvalue weighted by molar-refractivity contribution is -0.118. The summed E-state index contributed by atoms with van der Waals surface area (Å²) in [6, 6.07) is 1.58. The van der Waals surface area contributed by atoms with E-state index in [0.29, 0.717) is 17.4 Å². The van der Waals surface area contributed by atoms with Crippen molar-refractivity contribution in [2.45, 2.75) is 6.92 Å². The minimum absolute atomic E-state index is 0.0684. The monoisotopic (exact) mass is 225 g/mol. The van der Waals surface area contributed by atoms with Crippen molar-refractivity contribution in [3.63, 3.8) is 0 Å². The van der Waals surface area contributed by atoms with Crippen molar-refractivity contribution in [3.8, 4) is 0 Å². The van der Waals surface area contributed by atoms with Crippen LogP contribution in [-0.2, 0) is 4.79 Å². The lowest BCUT2D eigenvalue weighted by atomic mass is 10.2. The molecule has 0 fully saturated rings. The first-order chi connectivity index (χ1) is 7.09. The van der Waals surface area contributed by atoms with Gasteiger partial charge in [0.2, 0.25) is 5.91 Å². The Morgan fingerprint density at radius 3 is 3.07 bits per heavy atom. The number of aromatic nitrogens is 1. The second-order valence-corrected chi connectivity index (χ2v) is 3.38. The molecule has 1 amide bonds. The molecule has 1 aromatic heterocycles. The number of nitrogens with two attached hydrogens (primary N) is 1. The molecule has 0 saturated carbocycles. The first-order valence-corrected chi connectivity index (χ1v) is 4.79. The highest BCUT2D eigenvalue weighted by molar-refractivity contribution is 6.32. The summed E-state index contributed by atoms with van der Waals surface area (Å²) in [6.07, 6.45) is 5.16. The number of pyridine rings is 1. The number of hydrogen-bond donors (Lipinski definition) is 2. The van der Waals surface area contributed by atoms with Gasteiger partial charge in [0, 0.05) is 25.2 Å². The van der Waals surface area contributed by atoms with Gasteiger partial charge in [-0.25, -0.2) is 4.98 Å². The standard InChI is InChI=1S/C10H12ClN3O/c1-7(15)13-4-2-3-8-6-14-10(12)5-9(8)11/h2-3,5-6H,4H2,1H3,(H2,12,14)(H,13,15). The van der Waals surface area contributed by atoms with E-state index in [-0.39, 0.29) is 5.91 Å². The van der Waals surface area contributed by atoms with Crippen LogP contribution in [0.2, 0.25) is 5.02 Å². The van der Waals surface area contributed by atoms with Crippen molar-refractivity contribution < 1.29 is 4.79 Å². The number of nitrogen functional groups attached to an aromatic ring is 1. The van der Waals surface area contributed by atoms with Crippen molar-refractivity contribution >= 4 is 29.4 Å². The summed E-state index contributed by atoms with van der Waals surface area (Å²) in [5.74, 6) is 0.320. The third-order valence-electron chi connectivity index (χ3n) is 1.67. The van der Waals surface area contributed by atoms with Gasteiger partial charge in [-0.1, -0.05) is 23.8 Å². The Labute approximate surface area is 93.1 Å². The molecule has 5 heteroatoms. The number of hydrogen-bond acceptors (Lipinski definition) is 3. The number of anilines is 1. The summed E-state index contributed by atoms with van der Waals surface area (Å²) >= 11 is 5.91. The molecule has 0 saturated heterocycles. The van der Waals surface area contributed by atoms with E-state index >= 15 is 0 Å². The maximum absolute atomic E-state index is 10.6. The summed E-state index contributed by atoms with van der Waals surface area (Å²) in [7, 11) is 0. The van der Waals surface area contributed by atoms with Crippen molar-refractivity contribution in [2.75, 3.05) is 12.3 Å². The Balaban J connectivity index is 2.60. The zero-order valence-electron chi connectivity index (χ0n) is 8.33. The number of amides is 1. The third kappa shape index (κ3) is 3.99. The highest BCUT2D eigenvalue weighted by Crippen LogP contribution is 2.17. The SMILES string of the molecule is CC(=O)NCC=Cc1cnc(N)cc1Cl. The average Bonchev–Trinajstić information content (AvgIpc) is 2.14. The van der Waals surface area contributed by atoms with Crippen LogP contribution < -0.4 is 11.1 Å². The summed E-state index contributed by atoms with van der Waals surface area (Å²) in [5.41, 5.74) is 6.22. The zero-order chi connectivity index (χ0) is 11.3. The smallest absolute Gasteiger partial charge is 0.217 e. The maximum atomic E-state index is 10.6. The predicted octanol–water partition coefficient (Wildman–Crippen LogP) is 1.47. The molecule has 0 bridgehead atoms. The first kappa shape index (κ1) is 11.5. The van der Waals surface area contributed by atoms with E-state index in [1.54, 1.807) is 24.4 Å². The lowest BCUT2D eigenvalue weighted by Crippen LogP contribution is -2.19. The van der Waals surface area contributed by atoms with Crippen LogP contribution in [0.25, 0.3) is 6.08 Å². The number of rotatable bonds is 3. The fourth-order valence-electron chi connectivity index (χ4n) is 0.967. The fraction of sp³-hybridized carbons (Fsp3) is 0.200. The van der Waals surface area contributed by atoms with Crippen LogP contribution in [0.4, 0.5) is 5.82 Å². The van der Waals surface area contributed by atoms with Crippen LogP contribution in [-0.4, -0.2) is 17.4 Å². The third-order valence-corrected chi connectivity index (χ3v) is 2.00. The normalized spacial score (nSPS) is 10.5. The zero-order valence-corrected chi connectivity index (χ0v) is 9.08. The van der Waals surface area contributed by atoms with E-state index in [2.05, 4.69) is 10.3 Å². The fourth-order valence-corrected chi connectivity index (χ4v) is 1.19. The van der Waals surface area contributed by atoms with Crippen LogP contribution in [0.1, 0.15) is 12.5 Å². The van der Waals surface area contributed by atoms with Gasteiger partial charge in [-0.05, 0) is 6.07 Å². The topological polar surface area (TPSA) is 68.0 Å². The highest BCUT2D eigenvalue weighted by Gasteiger charge is 1.97. The van der Waals surface area contributed by atoms with Crippen LogP contribution in [0, 0.1) is 0 Å². The second kappa shape index (κ2) is 5.36. The van der Waals surface area contributed by atoms with Crippen molar-refractivity contribution in [1.82, 2.24) is 10.3 Å². The molecule has 1 heterocycles. The van der Waals surface area contributed by atoms with Gasteiger partial charge in [-0.15, -0.1) is 0 Å². The Morgan fingerprint density at radius 2 is 2.47 bits per heavy atom. The number of carbonyl (C=O) groups is 1. The molecule has 0 spiro atoms. The summed E-state index contributed by atoms with van der Waals surface area (Å²) < 4.78 is 0. The van der Waals surface area contributed by atoms with Gasteiger partial charge < -0.3 is 11.1 Å². The van der Waals surface area contributed by atoms with Crippen LogP contribution in [0.15, 0.2) is 18.3 Å². The maximum Gasteiger partial charge on any atom is 0.217 e. The van der Waals surface area contributed by atoms with Crippen LogP contribution in [0.3, 0.4) is 0 Å². The van der Waals surface area contributed by atoms with E-state index in [0.717, 1.165) is 5.56 Å². The molecule has 4 nitrogen and oxygen atoms in total. The molecule has 0 aromatic carbocycles. The molecule has 0 atom stereocenters. The molecule has 0 aliphatic carbocycles. The Kier molecular flexibility index (Phi) is 4.12. The van der Waals surface area contributed by atoms with Gasteiger partial charge in [0.15, 0.2) is 0 Å². The molecule has 1 aromatic rings. The summed E-state index contributed by atoms with van der Waals surface area (Å²) in [6.45, 7) is 1.93. The molecule has 0 radical (unpaired) electrons. The minimum Gasteiger partial charge on any atom is -0.384 e. The molecule has 0 aliphatic rings. The molecular weight excluding hydrogens is 214 g/mol. The van der Waals surface area contributed by atoms with Gasteiger partial charge in [-0.3, -0.25) is 4.79 Å². The number of nitrogens with zero attached hydrogens (tertiary/aromatic N) is 1. The Bertz CT molecular complexity index is 390. The average molecular weight is 226 g/mol. The second-order valence-electron chi connectivity index (χ2n) is 2.97.